The lowest BCUT2D eigenvalue weighted by atomic mass is 10.0. The van der Waals surface area contributed by atoms with Gasteiger partial charge < -0.3 is 24.7 Å². The first-order valence-corrected chi connectivity index (χ1v) is 8.05. The van der Waals surface area contributed by atoms with E-state index in [-0.39, 0.29) is 23.6 Å². The summed E-state index contributed by atoms with van der Waals surface area (Å²) in [6.07, 6.45) is 0.932. The molecular weight excluding hydrogens is 328 g/mol. The van der Waals surface area contributed by atoms with Crippen LogP contribution in [0.1, 0.15) is 20.8 Å². The summed E-state index contributed by atoms with van der Waals surface area (Å²) in [4.78, 5) is 41.8. The largest absolute Gasteiger partial charge is 0.444 e. The van der Waals surface area contributed by atoms with Gasteiger partial charge in [0.1, 0.15) is 5.60 Å². The van der Waals surface area contributed by atoms with Crippen molar-refractivity contribution in [2.45, 2.75) is 26.4 Å². The molecule has 25 heavy (non-hydrogen) atoms. The summed E-state index contributed by atoms with van der Waals surface area (Å²) < 4.78 is 5.36. The number of nitrogens with zero attached hydrogens (tertiary/aromatic N) is 4. The van der Waals surface area contributed by atoms with Crippen LogP contribution < -0.4 is 4.90 Å². The highest BCUT2D eigenvalue weighted by Gasteiger charge is 2.48. The molecule has 0 aromatic carbocycles. The lowest BCUT2D eigenvalue weighted by molar-refractivity contribution is -0.389. The van der Waals surface area contributed by atoms with Crippen molar-refractivity contribution in [2.24, 2.45) is 11.8 Å². The molecule has 2 amide bonds. The maximum Gasteiger partial charge on any atom is 0.410 e. The highest BCUT2D eigenvalue weighted by molar-refractivity contribution is 5.98. The topological polar surface area (TPSA) is 106 Å². The first-order chi connectivity index (χ1) is 11.7. The van der Waals surface area contributed by atoms with E-state index in [0.717, 1.165) is 0 Å². The molecule has 2 aliphatic heterocycles. The van der Waals surface area contributed by atoms with Crippen molar-refractivity contribution in [3.05, 3.63) is 28.4 Å². The van der Waals surface area contributed by atoms with E-state index >= 15 is 0 Å². The van der Waals surface area contributed by atoms with Crippen molar-refractivity contribution in [3.8, 4) is 0 Å². The predicted molar refractivity (Wildman–Crippen MR) is 88.0 cm³/mol. The minimum Gasteiger partial charge on any atom is -0.444 e. The van der Waals surface area contributed by atoms with E-state index in [9.17, 15) is 19.7 Å². The summed E-state index contributed by atoms with van der Waals surface area (Å²) in [5.74, 6) is -0.601. The van der Waals surface area contributed by atoms with Gasteiger partial charge in [0.25, 0.3) is 0 Å². The summed E-state index contributed by atoms with van der Waals surface area (Å²) >= 11 is 0. The lowest BCUT2D eigenvalue weighted by Gasteiger charge is -2.25. The zero-order chi connectivity index (χ0) is 18.4. The Balaban J connectivity index is 1.67. The van der Waals surface area contributed by atoms with E-state index < -0.39 is 16.6 Å². The van der Waals surface area contributed by atoms with Crippen LogP contribution in [-0.4, -0.2) is 52.0 Å². The summed E-state index contributed by atoms with van der Waals surface area (Å²) in [6.45, 7) is 6.66. The number of rotatable bonds is 2. The Bertz CT molecular complexity index is 712. The van der Waals surface area contributed by atoms with Gasteiger partial charge in [-0.15, -0.1) is 0 Å². The summed E-state index contributed by atoms with van der Waals surface area (Å²) in [5.41, 5.74) is -0.0382. The zero-order valence-electron chi connectivity index (χ0n) is 14.3. The number of anilines is 1. The number of carbonyl (C=O) groups is 2. The molecule has 9 heteroatoms. The van der Waals surface area contributed by atoms with Gasteiger partial charge in [0.2, 0.25) is 5.91 Å². The van der Waals surface area contributed by atoms with Gasteiger partial charge in [-0.3, -0.25) is 4.79 Å². The number of nitro groups is 1. The van der Waals surface area contributed by atoms with Crippen LogP contribution in [0.3, 0.4) is 0 Å². The number of hydrogen-bond acceptors (Lipinski definition) is 6. The third-order valence-electron chi connectivity index (χ3n) is 4.32. The van der Waals surface area contributed by atoms with Crippen molar-refractivity contribution >= 4 is 23.5 Å². The Morgan fingerprint density at radius 3 is 2.56 bits per heavy atom. The van der Waals surface area contributed by atoms with Crippen LogP contribution in [0.25, 0.3) is 0 Å². The molecule has 2 fully saturated rings. The van der Waals surface area contributed by atoms with Crippen molar-refractivity contribution in [2.75, 3.05) is 24.5 Å². The number of likely N-dealkylation sites (tertiary alicyclic amines) is 1. The van der Waals surface area contributed by atoms with Crippen molar-refractivity contribution in [3.63, 3.8) is 0 Å². The lowest BCUT2D eigenvalue weighted by Crippen LogP contribution is -2.38. The van der Waals surface area contributed by atoms with Crippen LogP contribution >= 0.6 is 0 Å². The molecule has 1 aromatic heterocycles. The number of aromatic nitrogens is 1. The van der Waals surface area contributed by atoms with E-state index in [1.807, 2.05) is 0 Å². The van der Waals surface area contributed by atoms with Crippen LogP contribution in [0.4, 0.5) is 16.3 Å². The van der Waals surface area contributed by atoms with Crippen LogP contribution in [0.2, 0.25) is 0 Å². The number of hydrogen-bond donors (Lipinski definition) is 0. The average molecular weight is 348 g/mol. The van der Waals surface area contributed by atoms with Crippen LogP contribution in [0, 0.1) is 22.0 Å². The molecule has 2 saturated heterocycles. The third-order valence-corrected chi connectivity index (χ3v) is 4.32. The normalized spacial score (nSPS) is 22.9. The van der Waals surface area contributed by atoms with Gasteiger partial charge in [0.15, 0.2) is 6.20 Å². The first kappa shape index (κ1) is 17.1. The fourth-order valence-corrected chi connectivity index (χ4v) is 3.21. The second kappa shape index (κ2) is 5.98. The van der Waals surface area contributed by atoms with Crippen LogP contribution in [0.5, 0.6) is 0 Å². The van der Waals surface area contributed by atoms with Gasteiger partial charge >= 0.3 is 11.9 Å². The minimum absolute atomic E-state index is 0.0233. The van der Waals surface area contributed by atoms with Gasteiger partial charge in [0, 0.05) is 31.6 Å². The van der Waals surface area contributed by atoms with Gasteiger partial charge in [-0.25, -0.2) is 4.79 Å². The maximum absolute atomic E-state index is 12.6. The highest BCUT2D eigenvalue weighted by Crippen LogP contribution is 2.35. The predicted octanol–water partition coefficient (Wildman–Crippen LogP) is 1.82. The molecule has 1 aromatic rings. The van der Waals surface area contributed by atoms with Crippen LogP contribution in [-0.2, 0) is 9.53 Å². The Kier molecular flexibility index (Phi) is 4.09. The monoisotopic (exact) mass is 348 g/mol. The van der Waals surface area contributed by atoms with Crippen molar-refractivity contribution < 1.29 is 19.2 Å². The fourth-order valence-electron chi connectivity index (χ4n) is 3.21. The van der Waals surface area contributed by atoms with Gasteiger partial charge in [0.05, 0.1) is 11.6 Å². The zero-order valence-corrected chi connectivity index (χ0v) is 14.3. The molecule has 9 nitrogen and oxygen atoms in total. The summed E-state index contributed by atoms with van der Waals surface area (Å²) in [6, 6.07) is 2.80. The first-order valence-electron chi connectivity index (χ1n) is 8.05. The van der Waals surface area contributed by atoms with Gasteiger partial charge in [-0.05, 0) is 36.7 Å². The molecule has 2 atom stereocenters. The fraction of sp³-hybridized carbons (Fsp3) is 0.562. The number of ether oxygens (including phenoxy) is 1. The number of carbonyl (C=O) groups excluding carboxylic acids is 2. The van der Waals surface area contributed by atoms with E-state index in [1.165, 1.54) is 18.3 Å². The van der Waals surface area contributed by atoms with Crippen molar-refractivity contribution in [1.82, 2.24) is 9.88 Å². The average Bonchev–Trinajstić information content (AvgIpc) is 3.06. The maximum atomic E-state index is 12.6. The molecule has 3 rings (SSSR count). The molecular formula is C16H20N4O5. The molecule has 0 saturated carbocycles. The van der Waals surface area contributed by atoms with Gasteiger partial charge in [-0.2, -0.15) is 0 Å². The highest BCUT2D eigenvalue weighted by atomic mass is 16.6. The molecule has 0 spiro atoms. The number of pyridine rings is 1. The SMILES string of the molecule is CC(C)(C)OC(=O)N1C[C@@H]2CN(c3ccc([N+](=O)[O-])nc3)C(=O)[C@@H]2C1. The molecule has 3 heterocycles. The molecule has 134 valence electrons. The molecule has 2 aliphatic rings. The standard InChI is InChI=1S/C16H20N4O5/c1-16(2,3)25-15(22)18-7-10-8-19(14(21)12(10)9-18)11-4-5-13(17-6-11)20(23)24/h4-6,10,12H,7-9H2,1-3H3/t10-,12-/m1/s1. The van der Waals surface area contributed by atoms with Crippen LogP contribution in [0.15, 0.2) is 18.3 Å². The molecule has 0 unspecified atom stereocenters. The molecule has 0 N–H and O–H groups in total. The van der Waals surface area contributed by atoms with E-state index in [0.29, 0.717) is 25.3 Å². The Labute approximate surface area is 144 Å². The quantitative estimate of drug-likeness (QED) is 0.596. The number of amides is 2. The Morgan fingerprint density at radius 1 is 1.32 bits per heavy atom. The molecule has 0 aliphatic carbocycles. The van der Waals surface area contributed by atoms with Gasteiger partial charge in [-0.1, -0.05) is 0 Å². The second-order valence-corrected chi connectivity index (χ2v) is 7.33. The summed E-state index contributed by atoms with van der Waals surface area (Å²) in [5, 5.41) is 10.7. The minimum atomic E-state index is -0.580. The van der Waals surface area contributed by atoms with E-state index in [1.54, 1.807) is 30.6 Å². The molecule has 0 radical (unpaired) electrons. The summed E-state index contributed by atoms with van der Waals surface area (Å²) in [7, 11) is 0. The Morgan fingerprint density at radius 2 is 2.04 bits per heavy atom. The number of fused-ring (bicyclic) bond motifs is 1. The van der Waals surface area contributed by atoms with E-state index in [2.05, 4.69) is 4.98 Å². The van der Waals surface area contributed by atoms with Crippen molar-refractivity contribution in [1.29, 1.82) is 0 Å². The smallest absolute Gasteiger partial charge is 0.410 e. The third kappa shape index (κ3) is 3.40. The van der Waals surface area contributed by atoms with E-state index in [4.69, 9.17) is 4.74 Å². The molecule has 0 bridgehead atoms. The second-order valence-electron chi connectivity index (χ2n) is 7.33. The Hall–Kier alpha value is -2.71.